The topological polar surface area (TPSA) is 118 Å². The lowest BCUT2D eigenvalue weighted by molar-refractivity contribution is -0.144. The van der Waals surface area contributed by atoms with E-state index in [-0.39, 0.29) is 26.3 Å². The summed E-state index contributed by atoms with van der Waals surface area (Å²) in [5.74, 6) is -1.46. The average molecular weight is 417 g/mol. The molecule has 0 radical (unpaired) electrons. The van der Waals surface area contributed by atoms with Gasteiger partial charge in [0.2, 0.25) is 6.10 Å². The quantitative estimate of drug-likeness (QED) is 0.785. The number of fused-ring (bicyclic) bond motifs is 1. The molecule has 1 aliphatic heterocycles. The Morgan fingerprint density at radius 1 is 1.31 bits per heavy atom. The van der Waals surface area contributed by atoms with E-state index in [4.69, 9.17) is 4.74 Å². The number of ether oxygens (including phenoxy) is 1. The normalized spacial score (nSPS) is 17.4. The molecule has 1 aliphatic rings. The lowest BCUT2D eigenvalue weighted by Crippen LogP contribution is -2.46. The molecule has 0 unspecified atom stereocenters. The van der Waals surface area contributed by atoms with E-state index in [1.807, 2.05) is 0 Å². The molecule has 8 nitrogen and oxygen atoms in total. The summed E-state index contributed by atoms with van der Waals surface area (Å²) >= 11 is 0.986. The zero-order valence-corrected chi connectivity index (χ0v) is 16.0. The molecule has 1 aromatic heterocycles. The zero-order chi connectivity index (χ0) is 19.1. The molecule has 0 aliphatic carbocycles. The molecule has 0 spiro atoms. The Kier molecular flexibility index (Phi) is 4.71. The molecule has 2 aromatic rings. The van der Waals surface area contributed by atoms with E-state index in [1.54, 1.807) is 11.4 Å². The first-order valence-electron chi connectivity index (χ1n) is 7.49. The van der Waals surface area contributed by atoms with Crippen molar-refractivity contribution in [3.8, 4) is 5.75 Å². The molecule has 1 atom stereocenters. The molecule has 0 saturated carbocycles. The molecule has 0 amide bonds. The van der Waals surface area contributed by atoms with Crippen molar-refractivity contribution < 1.29 is 31.5 Å². The third kappa shape index (κ3) is 3.17. The minimum atomic E-state index is -4.05. The first-order valence-corrected chi connectivity index (χ1v) is 11.5. The third-order valence-corrected chi connectivity index (χ3v) is 8.74. The molecular weight excluding hydrogens is 402 g/mol. The lowest BCUT2D eigenvalue weighted by Gasteiger charge is -2.33. The largest absolute Gasteiger partial charge is 0.478 e. The number of thiophene rings is 1. The van der Waals surface area contributed by atoms with E-state index in [9.17, 15) is 26.7 Å². The van der Waals surface area contributed by atoms with Crippen LogP contribution in [0.2, 0.25) is 0 Å². The number of nitrogens with zero attached hydrogens (tertiary/aromatic N) is 1. The average Bonchev–Trinajstić information content (AvgIpc) is 3.15. The number of rotatable bonds is 5. The van der Waals surface area contributed by atoms with Crippen LogP contribution in [-0.2, 0) is 24.7 Å². The van der Waals surface area contributed by atoms with Gasteiger partial charge in [-0.2, -0.15) is 0 Å². The second kappa shape index (κ2) is 6.56. The van der Waals surface area contributed by atoms with Crippen LogP contribution in [0.5, 0.6) is 5.75 Å². The molecule has 26 heavy (non-hydrogen) atoms. The molecular formula is C15H15NO7S3. The van der Waals surface area contributed by atoms with Gasteiger partial charge < -0.3 is 9.84 Å². The summed E-state index contributed by atoms with van der Waals surface area (Å²) in [5, 5.41) is 10.8. The Morgan fingerprint density at radius 3 is 2.62 bits per heavy atom. The molecule has 1 aromatic carbocycles. The Balaban J connectivity index is 2.19. The minimum Gasteiger partial charge on any atom is -0.478 e. The third-order valence-electron chi connectivity index (χ3n) is 3.85. The second-order valence-electron chi connectivity index (χ2n) is 5.45. The highest BCUT2D eigenvalue weighted by Crippen LogP contribution is 2.39. The molecule has 3 rings (SSSR count). The van der Waals surface area contributed by atoms with Gasteiger partial charge in [-0.25, -0.2) is 21.6 Å². The van der Waals surface area contributed by atoms with Crippen LogP contribution in [0.4, 0.5) is 5.69 Å². The summed E-state index contributed by atoms with van der Waals surface area (Å²) in [5.41, 5.74) is 0.00502. The molecule has 1 N–H and O–H groups in total. The number of hydrogen-bond donors (Lipinski definition) is 1. The lowest BCUT2D eigenvalue weighted by atomic mass is 10.2. The minimum absolute atomic E-state index is 0.00108. The fourth-order valence-corrected chi connectivity index (χ4v) is 5.94. The van der Waals surface area contributed by atoms with Gasteiger partial charge in [-0.05, 0) is 29.6 Å². The Hall–Kier alpha value is -2.11. The van der Waals surface area contributed by atoms with Crippen molar-refractivity contribution in [3.05, 3.63) is 35.7 Å². The van der Waals surface area contributed by atoms with Crippen molar-refractivity contribution in [2.45, 2.75) is 22.1 Å². The highest BCUT2D eigenvalue weighted by atomic mass is 32.2. The SMILES string of the molecule is CCS(=O)(=O)c1ccc2c(c1)N(S(=O)(=O)c1cccs1)C[C@@H](C(=O)O)O2. The number of hydrogen-bond acceptors (Lipinski definition) is 7. The van der Waals surface area contributed by atoms with Crippen LogP contribution in [0.3, 0.4) is 0 Å². The first-order chi connectivity index (χ1) is 12.2. The van der Waals surface area contributed by atoms with E-state index >= 15 is 0 Å². The summed E-state index contributed by atoms with van der Waals surface area (Å²) in [4.78, 5) is 11.3. The number of sulfone groups is 1. The number of carboxylic acid groups (broad SMARTS) is 1. The number of sulfonamides is 1. The van der Waals surface area contributed by atoms with Crippen LogP contribution in [0.25, 0.3) is 0 Å². The van der Waals surface area contributed by atoms with Crippen LogP contribution in [0, 0.1) is 0 Å². The predicted octanol–water partition coefficient (Wildman–Crippen LogP) is 1.58. The van der Waals surface area contributed by atoms with Gasteiger partial charge >= 0.3 is 5.97 Å². The molecule has 0 fully saturated rings. The van der Waals surface area contributed by atoms with Gasteiger partial charge in [-0.15, -0.1) is 11.3 Å². The highest BCUT2D eigenvalue weighted by Gasteiger charge is 2.38. The van der Waals surface area contributed by atoms with Crippen LogP contribution >= 0.6 is 11.3 Å². The van der Waals surface area contributed by atoms with Gasteiger partial charge in [-0.3, -0.25) is 4.31 Å². The Morgan fingerprint density at radius 2 is 2.04 bits per heavy atom. The summed E-state index contributed by atoms with van der Waals surface area (Å²) < 4.78 is 56.4. The number of anilines is 1. The van der Waals surface area contributed by atoms with E-state index in [0.717, 1.165) is 15.6 Å². The van der Waals surface area contributed by atoms with Crippen molar-refractivity contribution in [1.82, 2.24) is 0 Å². The monoisotopic (exact) mass is 417 g/mol. The summed E-state index contributed by atoms with van der Waals surface area (Å²) in [6, 6.07) is 6.72. The summed E-state index contributed by atoms with van der Waals surface area (Å²) in [6.07, 6.45) is -1.40. The van der Waals surface area contributed by atoms with E-state index < -0.39 is 38.5 Å². The molecule has 11 heteroatoms. The van der Waals surface area contributed by atoms with Crippen molar-refractivity contribution in [2.75, 3.05) is 16.6 Å². The fraction of sp³-hybridized carbons (Fsp3) is 0.267. The van der Waals surface area contributed by atoms with Gasteiger partial charge in [0.1, 0.15) is 9.96 Å². The zero-order valence-electron chi connectivity index (χ0n) is 13.5. The maximum Gasteiger partial charge on any atom is 0.346 e. The van der Waals surface area contributed by atoms with Gasteiger partial charge in [0.15, 0.2) is 9.84 Å². The molecule has 140 valence electrons. The van der Waals surface area contributed by atoms with Crippen LogP contribution in [0.1, 0.15) is 6.92 Å². The number of carboxylic acids is 1. The fourth-order valence-electron chi connectivity index (χ4n) is 2.47. The van der Waals surface area contributed by atoms with Crippen LogP contribution in [-0.4, -0.2) is 46.3 Å². The van der Waals surface area contributed by atoms with Crippen molar-refractivity contribution in [1.29, 1.82) is 0 Å². The van der Waals surface area contributed by atoms with Gasteiger partial charge in [0.05, 0.1) is 22.9 Å². The Labute approximate surface area is 154 Å². The van der Waals surface area contributed by atoms with Crippen molar-refractivity contribution >= 4 is 42.9 Å². The standard InChI is InChI=1S/C15H15NO7S3/c1-2-25(19,20)10-5-6-12-11(8-10)16(9-13(23-12)15(17)18)26(21,22)14-4-3-7-24-14/h3-8,13H,2,9H2,1H3,(H,17,18)/t13-/m0/s1. The van der Waals surface area contributed by atoms with Gasteiger partial charge in [0.25, 0.3) is 10.0 Å². The van der Waals surface area contributed by atoms with Crippen LogP contribution in [0.15, 0.2) is 44.8 Å². The van der Waals surface area contributed by atoms with Gasteiger partial charge in [-0.1, -0.05) is 13.0 Å². The highest BCUT2D eigenvalue weighted by molar-refractivity contribution is 7.94. The maximum absolute atomic E-state index is 12.9. The molecule has 0 bridgehead atoms. The van der Waals surface area contributed by atoms with E-state index in [2.05, 4.69) is 0 Å². The van der Waals surface area contributed by atoms with Crippen molar-refractivity contribution in [2.24, 2.45) is 0 Å². The number of carbonyl (C=O) groups is 1. The molecule has 0 saturated heterocycles. The number of aliphatic carboxylic acids is 1. The predicted molar refractivity (Wildman–Crippen MR) is 95.1 cm³/mol. The van der Waals surface area contributed by atoms with Gasteiger partial charge in [0, 0.05) is 0 Å². The Bertz CT molecular complexity index is 1040. The second-order valence-corrected chi connectivity index (χ2v) is 10.8. The first kappa shape index (κ1) is 18.7. The summed E-state index contributed by atoms with van der Waals surface area (Å²) in [7, 11) is -7.63. The van der Waals surface area contributed by atoms with Crippen LogP contribution < -0.4 is 9.04 Å². The van der Waals surface area contributed by atoms with E-state index in [0.29, 0.717) is 0 Å². The maximum atomic E-state index is 12.9. The smallest absolute Gasteiger partial charge is 0.346 e. The van der Waals surface area contributed by atoms with Crippen molar-refractivity contribution in [3.63, 3.8) is 0 Å². The summed E-state index contributed by atoms with van der Waals surface area (Å²) in [6.45, 7) is 1.02. The number of benzene rings is 1. The molecule has 2 heterocycles. The van der Waals surface area contributed by atoms with E-state index in [1.165, 1.54) is 31.2 Å².